The molecule has 4 aromatic rings. The van der Waals surface area contributed by atoms with E-state index in [4.69, 9.17) is 0 Å². The Morgan fingerprint density at radius 1 is 1.08 bits per heavy atom. The Kier molecular flexibility index (Phi) is 4.01. The maximum Gasteiger partial charge on any atom is 0.272 e. The first kappa shape index (κ1) is 16.1. The normalized spacial score (nSPS) is 11.1. The second-order valence-corrected chi connectivity index (χ2v) is 6.28. The summed E-state index contributed by atoms with van der Waals surface area (Å²) in [5.74, 6) is -0.0848. The van der Waals surface area contributed by atoms with Crippen molar-refractivity contribution in [3.05, 3.63) is 76.3 Å². The molecule has 0 saturated heterocycles. The quantitative estimate of drug-likeness (QED) is 0.595. The SMILES string of the molecule is Cn1cc(CC(=O)NCc2n[nH]c(=O)c3ccccc23)c2ccccc21. The number of nitrogens with one attached hydrogen (secondary N) is 2. The molecule has 0 aliphatic rings. The Hall–Kier alpha value is -3.41. The largest absolute Gasteiger partial charge is 0.350 e. The molecular weight excluding hydrogens is 328 g/mol. The van der Waals surface area contributed by atoms with Crippen LogP contribution in [-0.4, -0.2) is 20.7 Å². The van der Waals surface area contributed by atoms with Crippen LogP contribution in [0.15, 0.2) is 59.5 Å². The number of benzene rings is 2. The minimum Gasteiger partial charge on any atom is -0.350 e. The smallest absolute Gasteiger partial charge is 0.272 e. The highest BCUT2D eigenvalue weighted by atomic mass is 16.1. The first-order valence-corrected chi connectivity index (χ1v) is 8.39. The number of fused-ring (bicyclic) bond motifs is 2. The summed E-state index contributed by atoms with van der Waals surface area (Å²) in [4.78, 5) is 24.3. The van der Waals surface area contributed by atoms with Crippen molar-refractivity contribution >= 4 is 27.6 Å². The topological polar surface area (TPSA) is 79.8 Å². The van der Waals surface area contributed by atoms with Gasteiger partial charge in [-0.25, -0.2) is 5.10 Å². The van der Waals surface area contributed by atoms with E-state index in [2.05, 4.69) is 15.5 Å². The Balaban J connectivity index is 1.53. The van der Waals surface area contributed by atoms with Gasteiger partial charge in [-0.15, -0.1) is 0 Å². The molecule has 0 saturated carbocycles. The summed E-state index contributed by atoms with van der Waals surface area (Å²) < 4.78 is 2.02. The van der Waals surface area contributed by atoms with Gasteiger partial charge in [-0.3, -0.25) is 9.59 Å². The van der Waals surface area contributed by atoms with Crippen LogP contribution in [0.4, 0.5) is 0 Å². The zero-order valence-electron chi connectivity index (χ0n) is 14.3. The fourth-order valence-electron chi connectivity index (χ4n) is 3.29. The maximum absolute atomic E-state index is 12.4. The molecule has 26 heavy (non-hydrogen) atoms. The molecule has 1 amide bonds. The van der Waals surface area contributed by atoms with Crippen molar-refractivity contribution in [2.75, 3.05) is 0 Å². The third-order valence-electron chi connectivity index (χ3n) is 4.56. The summed E-state index contributed by atoms with van der Waals surface area (Å²) in [5, 5.41) is 11.9. The van der Waals surface area contributed by atoms with E-state index in [0.717, 1.165) is 21.9 Å². The van der Waals surface area contributed by atoms with E-state index in [1.165, 1.54) is 0 Å². The number of aromatic nitrogens is 3. The molecule has 2 aromatic carbocycles. The van der Waals surface area contributed by atoms with Crippen LogP contribution >= 0.6 is 0 Å². The minimum atomic E-state index is -0.230. The third-order valence-corrected chi connectivity index (χ3v) is 4.56. The number of carbonyl (C=O) groups is 1. The number of rotatable bonds is 4. The number of aromatic amines is 1. The van der Waals surface area contributed by atoms with E-state index in [9.17, 15) is 9.59 Å². The Morgan fingerprint density at radius 3 is 2.58 bits per heavy atom. The van der Waals surface area contributed by atoms with Crippen molar-refractivity contribution in [1.82, 2.24) is 20.1 Å². The molecule has 2 aromatic heterocycles. The lowest BCUT2D eigenvalue weighted by atomic mass is 10.1. The third kappa shape index (κ3) is 2.86. The number of H-pyrrole nitrogens is 1. The zero-order chi connectivity index (χ0) is 18.1. The van der Waals surface area contributed by atoms with Crippen LogP contribution < -0.4 is 10.9 Å². The number of hydrogen-bond donors (Lipinski definition) is 2. The van der Waals surface area contributed by atoms with E-state index < -0.39 is 0 Å². The van der Waals surface area contributed by atoms with E-state index in [0.29, 0.717) is 17.5 Å². The molecule has 0 atom stereocenters. The average Bonchev–Trinajstić information content (AvgIpc) is 2.97. The molecule has 0 aliphatic heterocycles. The summed E-state index contributed by atoms with van der Waals surface area (Å²) in [5.41, 5.74) is 2.50. The van der Waals surface area contributed by atoms with Gasteiger partial charge in [-0.05, 0) is 17.7 Å². The second kappa shape index (κ2) is 6.48. The van der Waals surface area contributed by atoms with Crippen LogP contribution in [0.5, 0.6) is 0 Å². The molecule has 6 heteroatoms. The summed E-state index contributed by atoms with van der Waals surface area (Å²) in [6.45, 7) is 0.265. The van der Waals surface area contributed by atoms with Gasteiger partial charge in [-0.2, -0.15) is 5.10 Å². The van der Waals surface area contributed by atoms with Gasteiger partial charge in [0.05, 0.1) is 24.0 Å². The van der Waals surface area contributed by atoms with E-state index >= 15 is 0 Å². The van der Waals surface area contributed by atoms with Crippen molar-refractivity contribution in [2.24, 2.45) is 7.05 Å². The van der Waals surface area contributed by atoms with Crippen LogP contribution in [0.3, 0.4) is 0 Å². The lowest BCUT2D eigenvalue weighted by Gasteiger charge is -2.07. The Bertz CT molecular complexity index is 1170. The molecule has 0 radical (unpaired) electrons. The Morgan fingerprint density at radius 2 is 1.77 bits per heavy atom. The van der Waals surface area contributed by atoms with E-state index in [1.54, 1.807) is 12.1 Å². The molecule has 0 bridgehead atoms. The van der Waals surface area contributed by atoms with Crippen molar-refractivity contribution < 1.29 is 4.79 Å². The molecule has 4 rings (SSSR count). The number of nitrogens with zero attached hydrogens (tertiary/aromatic N) is 2. The predicted octanol–water partition coefficient (Wildman–Crippen LogP) is 2.27. The monoisotopic (exact) mass is 346 g/mol. The summed E-state index contributed by atoms with van der Waals surface area (Å²) >= 11 is 0. The van der Waals surface area contributed by atoms with Gasteiger partial charge in [0.15, 0.2) is 0 Å². The number of carbonyl (C=O) groups excluding carboxylic acids is 1. The van der Waals surface area contributed by atoms with Crippen molar-refractivity contribution in [2.45, 2.75) is 13.0 Å². The number of hydrogen-bond acceptors (Lipinski definition) is 3. The summed E-state index contributed by atoms with van der Waals surface area (Å²) in [7, 11) is 1.97. The summed E-state index contributed by atoms with van der Waals surface area (Å²) in [6.07, 6.45) is 2.28. The molecule has 130 valence electrons. The van der Waals surface area contributed by atoms with Gasteiger partial charge in [0.2, 0.25) is 5.91 Å². The van der Waals surface area contributed by atoms with Crippen LogP contribution in [-0.2, 0) is 24.8 Å². The number of aryl methyl sites for hydroxylation is 1. The highest BCUT2D eigenvalue weighted by Crippen LogP contribution is 2.20. The van der Waals surface area contributed by atoms with Crippen molar-refractivity contribution in [1.29, 1.82) is 0 Å². The molecule has 0 spiro atoms. The first-order chi connectivity index (χ1) is 12.6. The lowest BCUT2D eigenvalue weighted by Crippen LogP contribution is -2.26. The van der Waals surface area contributed by atoms with Crippen LogP contribution in [0.1, 0.15) is 11.3 Å². The summed E-state index contributed by atoms with van der Waals surface area (Å²) in [6, 6.07) is 15.3. The van der Waals surface area contributed by atoms with E-state index in [1.807, 2.05) is 54.2 Å². The van der Waals surface area contributed by atoms with Crippen molar-refractivity contribution in [3.8, 4) is 0 Å². The molecule has 2 N–H and O–H groups in total. The molecule has 0 unspecified atom stereocenters. The van der Waals surface area contributed by atoms with Gasteiger partial charge in [0.25, 0.3) is 5.56 Å². The maximum atomic E-state index is 12.4. The van der Waals surface area contributed by atoms with Crippen molar-refractivity contribution in [3.63, 3.8) is 0 Å². The average molecular weight is 346 g/mol. The van der Waals surface area contributed by atoms with Crippen LogP contribution in [0.25, 0.3) is 21.7 Å². The van der Waals surface area contributed by atoms with Crippen LogP contribution in [0, 0.1) is 0 Å². The van der Waals surface area contributed by atoms with Gasteiger partial charge >= 0.3 is 0 Å². The standard InChI is InChI=1S/C20H18N4O2/c1-24-12-13(14-6-4-5-9-18(14)24)10-19(25)21-11-17-15-7-2-3-8-16(15)20(26)23-22-17/h2-9,12H,10-11H2,1H3,(H,21,25)(H,23,26). The molecule has 0 fully saturated rings. The fourth-order valence-corrected chi connectivity index (χ4v) is 3.29. The van der Waals surface area contributed by atoms with Gasteiger partial charge in [-0.1, -0.05) is 36.4 Å². The lowest BCUT2D eigenvalue weighted by molar-refractivity contribution is -0.120. The van der Waals surface area contributed by atoms with Gasteiger partial charge < -0.3 is 9.88 Å². The van der Waals surface area contributed by atoms with E-state index in [-0.39, 0.29) is 18.0 Å². The molecular formula is C20H18N4O2. The highest BCUT2D eigenvalue weighted by Gasteiger charge is 2.12. The fraction of sp³-hybridized carbons (Fsp3) is 0.150. The highest BCUT2D eigenvalue weighted by molar-refractivity contribution is 5.89. The molecule has 2 heterocycles. The number of para-hydroxylation sites is 1. The van der Waals surface area contributed by atoms with Gasteiger partial charge in [0, 0.05) is 29.5 Å². The number of amides is 1. The first-order valence-electron chi connectivity index (χ1n) is 8.39. The van der Waals surface area contributed by atoms with Gasteiger partial charge in [0.1, 0.15) is 0 Å². The van der Waals surface area contributed by atoms with Crippen LogP contribution in [0.2, 0.25) is 0 Å². The molecule has 6 nitrogen and oxygen atoms in total. The second-order valence-electron chi connectivity index (χ2n) is 6.28. The predicted molar refractivity (Wildman–Crippen MR) is 101 cm³/mol. The molecule has 0 aliphatic carbocycles. The minimum absolute atomic E-state index is 0.0848. The zero-order valence-corrected chi connectivity index (χ0v) is 14.3. The Labute approximate surface area is 149 Å².